The summed E-state index contributed by atoms with van der Waals surface area (Å²) in [5.41, 5.74) is 0. The minimum atomic E-state index is -1.97. The van der Waals surface area contributed by atoms with Gasteiger partial charge in [0.15, 0.2) is 18.9 Å². The highest BCUT2D eigenvalue weighted by Crippen LogP contribution is 2.34. The Kier molecular flexibility index (Phi) is 65.6. The summed E-state index contributed by atoms with van der Waals surface area (Å²) in [5, 5.41) is 121. The van der Waals surface area contributed by atoms with Gasteiger partial charge < -0.3 is 89.9 Å². The third-order valence-electron chi connectivity index (χ3n) is 23.3. The highest BCUT2D eigenvalue weighted by Gasteiger charge is 2.54. The molecule has 0 radical (unpaired) electrons. The van der Waals surface area contributed by atoms with Gasteiger partial charge >= 0.3 is 0 Å². The van der Waals surface area contributed by atoms with Gasteiger partial charge in [-0.1, -0.05) is 385 Å². The number of aliphatic hydroxyl groups excluding tert-OH is 11. The van der Waals surface area contributed by atoms with Crippen LogP contribution in [0.25, 0.3) is 0 Å². The summed E-state index contributed by atoms with van der Waals surface area (Å²) in [5.74, 6) is -0.233. The summed E-state index contributed by atoms with van der Waals surface area (Å²) in [6.45, 7) is 1.87. The molecule has 3 aliphatic rings. The number of carbonyl (C=O) groups excluding carboxylic acids is 1. The van der Waals surface area contributed by atoms with Crippen LogP contribution < -0.4 is 5.32 Å². The lowest BCUT2D eigenvalue weighted by atomic mass is 9.96. The molecule has 644 valence electrons. The fraction of sp³-hybridized carbons (Fsp3) is 0.944. The molecule has 0 aromatic carbocycles. The van der Waals surface area contributed by atoms with Gasteiger partial charge in [0.25, 0.3) is 0 Å². The molecule has 0 bridgehead atoms. The zero-order chi connectivity index (χ0) is 78.8. The number of hydrogen-bond acceptors (Lipinski definition) is 18. The van der Waals surface area contributed by atoms with Crippen molar-refractivity contribution in [2.75, 3.05) is 26.4 Å². The van der Waals surface area contributed by atoms with Gasteiger partial charge in [0.2, 0.25) is 5.91 Å². The lowest BCUT2D eigenvalue weighted by Crippen LogP contribution is -2.66. The van der Waals surface area contributed by atoms with Crippen molar-refractivity contribution in [3.8, 4) is 0 Å². The van der Waals surface area contributed by atoms with Crippen LogP contribution in [-0.2, 0) is 33.2 Å². The topological polar surface area (TPSA) is 307 Å². The zero-order valence-electron chi connectivity index (χ0n) is 69.6. The van der Waals surface area contributed by atoms with E-state index >= 15 is 0 Å². The van der Waals surface area contributed by atoms with Gasteiger partial charge in [0.1, 0.15) is 73.2 Å². The maximum absolute atomic E-state index is 13.6. The smallest absolute Gasteiger partial charge is 0.220 e. The SMILES string of the molecule is CCCCCCC/C=C\C/C=C\CCCCCCCCCCCCCCCCCCCCCCCCCC(=O)NC(COC1OC(CO)C(OC2OC(CO)C(OC3OC(CO)C(O)C(O)C3O)C(O)C2O)C(O)C1O)C(O)CCCCCCCCCCCCCCCCCCCCCCCCCCCCCCC. The molecule has 0 spiro atoms. The molecule has 3 aliphatic heterocycles. The largest absolute Gasteiger partial charge is 0.394 e. The Morgan fingerprint density at radius 1 is 0.330 bits per heavy atom. The fourth-order valence-electron chi connectivity index (χ4n) is 15.9. The first-order chi connectivity index (χ1) is 53.3. The molecule has 0 saturated carbocycles. The average Bonchev–Trinajstić information content (AvgIpc) is 0.749. The van der Waals surface area contributed by atoms with Gasteiger partial charge in [0, 0.05) is 6.42 Å². The minimum absolute atomic E-state index is 0.233. The third kappa shape index (κ3) is 49.2. The first-order valence-corrected chi connectivity index (χ1v) is 46.1. The van der Waals surface area contributed by atoms with E-state index in [0.717, 1.165) is 51.4 Å². The van der Waals surface area contributed by atoms with E-state index in [4.69, 9.17) is 28.4 Å². The summed E-state index contributed by atoms with van der Waals surface area (Å²) in [4.78, 5) is 13.6. The van der Waals surface area contributed by atoms with Crippen molar-refractivity contribution in [2.45, 2.75) is 516 Å². The number of ether oxygens (including phenoxy) is 6. The summed E-state index contributed by atoms with van der Waals surface area (Å²) in [6, 6.07) is -0.887. The Labute approximate surface area is 664 Å². The van der Waals surface area contributed by atoms with Crippen molar-refractivity contribution in [2.24, 2.45) is 0 Å². The van der Waals surface area contributed by atoms with Crippen molar-refractivity contribution < 1.29 is 89.4 Å². The number of allylic oxidation sites excluding steroid dienone is 4. The molecule has 19 heteroatoms. The van der Waals surface area contributed by atoms with Crippen molar-refractivity contribution in [1.82, 2.24) is 5.32 Å². The molecule has 0 aromatic heterocycles. The van der Waals surface area contributed by atoms with Gasteiger partial charge in [-0.05, 0) is 44.9 Å². The lowest BCUT2D eigenvalue weighted by molar-refractivity contribution is -0.379. The molecule has 12 N–H and O–H groups in total. The number of rotatable bonds is 76. The predicted molar refractivity (Wildman–Crippen MR) is 439 cm³/mol. The fourth-order valence-corrected chi connectivity index (χ4v) is 15.9. The van der Waals surface area contributed by atoms with E-state index in [2.05, 4.69) is 43.5 Å². The third-order valence-corrected chi connectivity index (χ3v) is 23.3. The molecule has 17 atom stereocenters. The second kappa shape index (κ2) is 70.5. The van der Waals surface area contributed by atoms with Crippen LogP contribution in [0.1, 0.15) is 412 Å². The van der Waals surface area contributed by atoms with E-state index in [0.29, 0.717) is 12.8 Å². The zero-order valence-corrected chi connectivity index (χ0v) is 69.6. The molecule has 0 aromatic rings. The van der Waals surface area contributed by atoms with Gasteiger partial charge in [0.05, 0.1) is 38.6 Å². The molecule has 3 fully saturated rings. The summed E-state index contributed by atoms with van der Waals surface area (Å²) >= 11 is 0. The molecular weight excluding hydrogens is 1380 g/mol. The molecule has 109 heavy (non-hydrogen) atoms. The van der Waals surface area contributed by atoms with Crippen LogP contribution in [0.3, 0.4) is 0 Å². The van der Waals surface area contributed by atoms with Gasteiger partial charge in [-0.3, -0.25) is 4.79 Å². The van der Waals surface area contributed by atoms with Gasteiger partial charge in [-0.25, -0.2) is 0 Å². The van der Waals surface area contributed by atoms with E-state index in [1.54, 1.807) is 0 Å². The average molecular weight is 1560 g/mol. The number of aliphatic hydroxyl groups is 11. The van der Waals surface area contributed by atoms with Crippen LogP contribution in [-0.4, -0.2) is 193 Å². The standard InChI is InChI=1S/C90H171NO18/c1-3-5-7-9-11-13-15-17-19-21-23-25-27-29-31-33-34-35-36-37-38-40-42-44-46-48-50-52-54-56-58-60-62-64-66-68-78(96)91-73(74(95)67-65-63-61-59-57-55-53-51-49-47-45-43-41-39-32-30-28-26-24-22-20-18-16-14-12-10-8-6-4-2)72-104-88-84(102)81(99)86(76(70-93)106-88)109-90-85(103)82(100)87(77(71-94)107-90)108-89-83(101)80(98)79(97)75(69-92)105-89/h15,17,21,23,73-77,79-90,92-95,97-103H,3-14,16,18-20,22,24-72H2,1-2H3,(H,91,96)/b17-15-,23-21-. The highest BCUT2D eigenvalue weighted by atomic mass is 16.8. The Morgan fingerprint density at radius 2 is 0.606 bits per heavy atom. The Morgan fingerprint density at radius 3 is 0.936 bits per heavy atom. The van der Waals surface area contributed by atoms with Crippen LogP contribution in [0.4, 0.5) is 0 Å². The summed E-state index contributed by atoms with van der Waals surface area (Å²) in [6.07, 6.45) is 61.5. The molecule has 1 amide bonds. The second-order valence-electron chi connectivity index (χ2n) is 33.1. The van der Waals surface area contributed by atoms with Crippen molar-refractivity contribution in [3.63, 3.8) is 0 Å². The van der Waals surface area contributed by atoms with Crippen molar-refractivity contribution >= 4 is 5.91 Å². The predicted octanol–water partition coefficient (Wildman–Crippen LogP) is 17.6. The number of nitrogens with one attached hydrogen (secondary N) is 1. The summed E-state index contributed by atoms with van der Waals surface area (Å²) in [7, 11) is 0. The van der Waals surface area contributed by atoms with Crippen LogP contribution in [0.15, 0.2) is 24.3 Å². The van der Waals surface area contributed by atoms with Crippen LogP contribution in [0.5, 0.6) is 0 Å². The maximum atomic E-state index is 13.6. The number of amides is 1. The van der Waals surface area contributed by atoms with Gasteiger partial charge in [-0.2, -0.15) is 0 Å². The molecule has 0 aliphatic carbocycles. The minimum Gasteiger partial charge on any atom is -0.394 e. The molecule has 17 unspecified atom stereocenters. The van der Waals surface area contributed by atoms with E-state index in [1.165, 1.54) is 327 Å². The van der Waals surface area contributed by atoms with Gasteiger partial charge in [-0.15, -0.1) is 0 Å². The Balaban J connectivity index is 1.31. The van der Waals surface area contributed by atoms with E-state index < -0.39 is 124 Å². The van der Waals surface area contributed by atoms with E-state index in [1.807, 2.05) is 0 Å². The molecular formula is C90H171NO18. The maximum Gasteiger partial charge on any atom is 0.220 e. The Hall–Kier alpha value is -1.73. The Bertz CT molecular complexity index is 2060. The second-order valence-corrected chi connectivity index (χ2v) is 33.1. The first-order valence-electron chi connectivity index (χ1n) is 46.1. The van der Waals surface area contributed by atoms with E-state index in [9.17, 15) is 61.0 Å². The normalized spacial score (nSPS) is 25.3. The number of carbonyl (C=O) groups is 1. The summed E-state index contributed by atoms with van der Waals surface area (Å²) < 4.78 is 34.6. The lowest BCUT2D eigenvalue weighted by Gasteiger charge is -2.48. The van der Waals surface area contributed by atoms with E-state index in [-0.39, 0.29) is 18.9 Å². The highest BCUT2D eigenvalue weighted by molar-refractivity contribution is 5.76. The number of unbranched alkanes of at least 4 members (excludes halogenated alkanes) is 56. The van der Waals surface area contributed by atoms with Crippen molar-refractivity contribution in [3.05, 3.63) is 24.3 Å². The molecule has 3 rings (SSSR count). The molecule has 3 heterocycles. The van der Waals surface area contributed by atoms with Crippen molar-refractivity contribution in [1.29, 1.82) is 0 Å². The van der Waals surface area contributed by atoms with Crippen LogP contribution in [0.2, 0.25) is 0 Å². The quantitative estimate of drug-likeness (QED) is 0.0199. The van der Waals surface area contributed by atoms with Crippen LogP contribution >= 0.6 is 0 Å². The number of hydrogen-bond donors (Lipinski definition) is 12. The molecule has 3 saturated heterocycles. The molecule has 19 nitrogen and oxygen atoms in total. The first kappa shape index (κ1) is 101. The van der Waals surface area contributed by atoms with Crippen LogP contribution in [0, 0.1) is 0 Å². The monoisotopic (exact) mass is 1550 g/mol.